The van der Waals surface area contributed by atoms with Crippen molar-refractivity contribution >= 4 is 34.5 Å². The van der Waals surface area contributed by atoms with Crippen LogP contribution in [0.1, 0.15) is 98.0 Å². The number of aryl methyl sites for hydroxylation is 1. The second-order valence-electron chi connectivity index (χ2n) is 14.8. The summed E-state index contributed by atoms with van der Waals surface area (Å²) >= 11 is 0. The number of rotatable bonds is 18. The van der Waals surface area contributed by atoms with Crippen molar-refractivity contribution < 1.29 is 27.1 Å². The first-order valence-electron chi connectivity index (χ1n) is 18.3. The first-order chi connectivity index (χ1) is 23.4. The van der Waals surface area contributed by atoms with E-state index in [0.29, 0.717) is 30.8 Å². The monoisotopic (exact) mass is 706 g/mol. The van der Waals surface area contributed by atoms with Crippen LogP contribution in [-0.2, 0) is 23.8 Å². The Morgan fingerprint density at radius 3 is 2.18 bits per heavy atom. The highest BCUT2D eigenvalue weighted by molar-refractivity contribution is 7.91. The Morgan fingerprint density at radius 1 is 0.939 bits per heavy atom. The number of carbonyl (C=O) groups excluding carboxylic acids is 1. The minimum absolute atomic E-state index is 0.0760. The molecule has 0 aliphatic heterocycles. The van der Waals surface area contributed by atoms with E-state index in [4.69, 9.17) is 13.9 Å². The molecule has 0 saturated heterocycles. The van der Waals surface area contributed by atoms with Gasteiger partial charge >= 0.3 is 5.97 Å². The van der Waals surface area contributed by atoms with Crippen molar-refractivity contribution in [2.75, 3.05) is 19.0 Å². The maximum atomic E-state index is 13.5. The summed E-state index contributed by atoms with van der Waals surface area (Å²) in [5.74, 6) is 0.353. The predicted molar refractivity (Wildman–Crippen MR) is 202 cm³/mol. The van der Waals surface area contributed by atoms with Crippen LogP contribution in [0.25, 0.3) is 0 Å². The van der Waals surface area contributed by atoms with Crippen LogP contribution in [0, 0.1) is 18.8 Å². The molecular formula is C41H58O6SSi. The third kappa shape index (κ3) is 10.3. The van der Waals surface area contributed by atoms with Gasteiger partial charge in [-0.25, -0.2) is 8.42 Å². The molecule has 0 aromatic heterocycles. The molecular weight excluding hydrogens is 649 g/mol. The summed E-state index contributed by atoms with van der Waals surface area (Å²) < 4.78 is 46.1. The van der Waals surface area contributed by atoms with Crippen molar-refractivity contribution in [1.29, 1.82) is 0 Å². The van der Waals surface area contributed by atoms with Crippen LogP contribution in [0.5, 0.6) is 5.75 Å². The molecule has 1 aliphatic rings. The van der Waals surface area contributed by atoms with E-state index < -0.39 is 24.1 Å². The lowest BCUT2D eigenvalue weighted by Gasteiger charge is -2.43. The summed E-state index contributed by atoms with van der Waals surface area (Å²) in [6.07, 6.45) is 7.53. The van der Waals surface area contributed by atoms with E-state index in [1.165, 1.54) is 10.4 Å². The van der Waals surface area contributed by atoms with Gasteiger partial charge in [-0.2, -0.15) is 0 Å². The molecule has 0 heterocycles. The standard InChI is InChI=1S/C41H58O6SSi/c1-7-9-16-33(8-2)31-45-40(42)26-28-48(43,44)39-24-21-32(3)29-38(39)47-35-23-22-34(30-35)25-27-46-49(41(4,5)6,36-17-12-10-13-18-36)37-19-14-11-15-20-37/h10-15,17-21,24,29,33-35H,7-9,16,22-23,25-28,30-31H2,1-6H3/t33-,34+,35+/m1/s1. The minimum atomic E-state index is -3.75. The zero-order chi connectivity index (χ0) is 35.5. The normalized spacial score (nSPS) is 17.5. The van der Waals surface area contributed by atoms with Gasteiger partial charge in [-0.1, -0.05) is 121 Å². The van der Waals surface area contributed by atoms with Gasteiger partial charge in [0.15, 0.2) is 9.84 Å². The molecule has 0 spiro atoms. The maximum Gasteiger partial charge on any atom is 0.306 e. The van der Waals surface area contributed by atoms with Gasteiger partial charge in [0, 0.05) is 6.61 Å². The van der Waals surface area contributed by atoms with Crippen molar-refractivity contribution in [3.63, 3.8) is 0 Å². The van der Waals surface area contributed by atoms with Gasteiger partial charge in [0.2, 0.25) is 0 Å². The molecule has 3 aromatic carbocycles. The predicted octanol–water partition coefficient (Wildman–Crippen LogP) is 8.43. The number of unbranched alkanes of at least 4 members (excludes halogenated alkanes) is 1. The molecule has 268 valence electrons. The Labute approximate surface area is 297 Å². The number of hydrogen-bond acceptors (Lipinski definition) is 6. The Balaban J connectivity index is 1.38. The van der Waals surface area contributed by atoms with E-state index in [2.05, 4.69) is 95.3 Å². The van der Waals surface area contributed by atoms with Gasteiger partial charge in [-0.15, -0.1) is 0 Å². The van der Waals surface area contributed by atoms with E-state index in [9.17, 15) is 13.2 Å². The average molecular weight is 707 g/mol. The molecule has 0 N–H and O–H groups in total. The fourth-order valence-electron chi connectivity index (χ4n) is 7.19. The fourth-order valence-corrected chi connectivity index (χ4v) is 13.1. The van der Waals surface area contributed by atoms with E-state index in [0.717, 1.165) is 56.9 Å². The molecule has 6 nitrogen and oxygen atoms in total. The maximum absolute atomic E-state index is 13.5. The Hall–Kier alpha value is -2.94. The first kappa shape index (κ1) is 38.9. The van der Waals surface area contributed by atoms with Gasteiger partial charge in [-0.3, -0.25) is 4.79 Å². The highest BCUT2D eigenvalue weighted by Crippen LogP contribution is 2.38. The van der Waals surface area contributed by atoms with E-state index in [-0.39, 0.29) is 28.2 Å². The van der Waals surface area contributed by atoms with Gasteiger partial charge in [0.25, 0.3) is 8.32 Å². The molecule has 0 bridgehead atoms. The zero-order valence-corrected chi connectivity index (χ0v) is 32.4. The van der Waals surface area contributed by atoms with Gasteiger partial charge in [0.05, 0.1) is 24.9 Å². The molecule has 4 rings (SSSR count). The van der Waals surface area contributed by atoms with Crippen molar-refractivity contribution in [3.05, 3.63) is 84.4 Å². The Bertz CT molecular complexity index is 1530. The molecule has 3 aromatic rings. The lowest BCUT2D eigenvalue weighted by Crippen LogP contribution is -2.66. The SMILES string of the molecule is CCCC[C@@H](CC)COC(=O)CCS(=O)(=O)c1ccc(C)cc1O[C@H]1CC[C@@H](CCO[Si](c2ccccc2)(c2ccccc2)C(C)(C)C)C1. The first-order valence-corrected chi connectivity index (χ1v) is 21.9. The van der Waals surface area contributed by atoms with Crippen molar-refractivity contribution in [2.24, 2.45) is 11.8 Å². The summed E-state index contributed by atoms with van der Waals surface area (Å²) in [6.45, 7) is 14.1. The third-order valence-corrected chi connectivity index (χ3v) is 16.9. The second kappa shape index (κ2) is 17.8. The number of esters is 1. The molecule has 8 heteroatoms. The second-order valence-corrected chi connectivity index (χ2v) is 21.2. The van der Waals surface area contributed by atoms with Crippen molar-refractivity contribution in [1.82, 2.24) is 0 Å². The Morgan fingerprint density at radius 2 is 1.59 bits per heavy atom. The van der Waals surface area contributed by atoms with Crippen molar-refractivity contribution in [3.8, 4) is 5.75 Å². The van der Waals surface area contributed by atoms with Gasteiger partial charge < -0.3 is 13.9 Å². The molecule has 0 unspecified atom stereocenters. The van der Waals surface area contributed by atoms with E-state index >= 15 is 0 Å². The van der Waals surface area contributed by atoms with Crippen LogP contribution < -0.4 is 15.1 Å². The van der Waals surface area contributed by atoms with Crippen LogP contribution in [0.15, 0.2) is 83.8 Å². The molecule has 0 radical (unpaired) electrons. The van der Waals surface area contributed by atoms with Crippen LogP contribution in [0.2, 0.25) is 5.04 Å². The van der Waals surface area contributed by atoms with E-state index in [1.54, 1.807) is 12.1 Å². The van der Waals surface area contributed by atoms with Crippen LogP contribution in [0.3, 0.4) is 0 Å². The quantitative estimate of drug-likeness (QED) is 0.0977. The topological polar surface area (TPSA) is 78.9 Å². The van der Waals surface area contributed by atoms with Crippen LogP contribution >= 0.6 is 0 Å². The average Bonchev–Trinajstić information content (AvgIpc) is 3.53. The summed E-state index contributed by atoms with van der Waals surface area (Å²) in [5.41, 5.74) is 0.930. The summed E-state index contributed by atoms with van der Waals surface area (Å²) in [4.78, 5) is 12.7. The van der Waals surface area contributed by atoms with Gasteiger partial charge in [-0.05, 0) is 84.0 Å². The lowest BCUT2D eigenvalue weighted by molar-refractivity contribution is -0.144. The molecule has 1 fully saturated rings. The van der Waals surface area contributed by atoms with Crippen molar-refractivity contribution in [2.45, 2.75) is 115 Å². The largest absolute Gasteiger partial charge is 0.489 e. The number of carbonyl (C=O) groups is 1. The van der Waals surface area contributed by atoms with Crippen LogP contribution in [0.4, 0.5) is 0 Å². The fraction of sp³-hybridized carbons (Fsp3) is 0.537. The summed E-state index contributed by atoms with van der Waals surface area (Å²) in [7, 11) is -6.35. The number of ether oxygens (including phenoxy) is 2. The summed E-state index contributed by atoms with van der Waals surface area (Å²) in [5, 5.41) is 2.48. The number of benzene rings is 3. The Kier molecular flexibility index (Phi) is 14.1. The molecule has 49 heavy (non-hydrogen) atoms. The smallest absolute Gasteiger partial charge is 0.306 e. The van der Waals surface area contributed by atoms with E-state index in [1.807, 2.05) is 13.0 Å². The number of sulfone groups is 1. The van der Waals surface area contributed by atoms with Crippen LogP contribution in [-0.4, -0.2) is 47.8 Å². The zero-order valence-electron chi connectivity index (χ0n) is 30.6. The molecule has 0 amide bonds. The summed E-state index contributed by atoms with van der Waals surface area (Å²) in [6, 6.07) is 26.6. The highest BCUT2D eigenvalue weighted by Gasteiger charge is 2.50. The van der Waals surface area contributed by atoms with Gasteiger partial charge in [0.1, 0.15) is 10.6 Å². The molecule has 1 aliphatic carbocycles. The third-order valence-electron chi connectivity index (χ3n) is 10.1. The minimum Gasteiger partial charge on any atom is -0.489 e. The molecule has 1 saturated carbocycles. The molecule has 3 atom stereocenters. The number of hydrogen-bond donors (Lipinski definition) is 0. The highest BCUT2D eigenvalue weighted by atomic mass is 32.2. The lowest BCUT2D eigenvalue weighted by atomic mass is 10.0.